The summed E-state index contributed by atoms with van der Waals surface area (Å²) in [6.07, 6.45) is 1.66. The monoisotopic (exact) mass is 350 g/mol. The molecule has 0 aliphatic carbocycles. The van der Waals surface area contributed by atoms with Gasteiger partial charge in [0.2, 0.25) is 0 Å². The maximum absolute atomic E-state index is 13.3. The van der Waals surface area contributed by atoms with Crippen molar-refractivity contribution in [1.82, 2.24) is 19.2 Å². The van der Waals surface area contributed by atoms with Gasteiger partial charge in [0.05, 0.1) is 12.7 Å². The number of aromatic nitrogens is 3. The predicted molar refractivity (Wildman–Crippen MR) is 98.7 cm³/mol. The molecule has 0 saturated heterocycles. The Hall–Kier alpha value is -3.02. The standard InChI is InChI=1S/C20H22N4O2/c1-14-8-9-15(2)24(14)19-17(12-21-22(19)3)20(25)23-10-11-26-18-7-5-4-6-16(18)13-23/h4-9,12H,10-11,13H2,1-3H3. The van der Waals surface area contributed by atoms with Crippen molar-refractivity contribution in [3.05, 3.63) is 65.1 Å². The summed E-state index contributed by atoms with van der Waals surface area (Å²) in [7, 11) is 1.87. The number of fused-ring (bicyclic) bond motifs is 1. The van der Waals surface area contributed by atoms with E-state index in [-0.39, 0.29) is 5.91 Å². The van der Waals surface area contributed by atoms with E-state index in [0.29, 0.717) is 25.3 Å². The van der Waals surface area contributed by atoms with Crippen molar-refractivity contribution in [2.24, 2.45) is 7.05 Å². The lowest BCUT2D eigenvalue weighted by Gasteiger charge is -2.21. The fourth-order valence-electron chi connectivity index (χ4n) is 3.52. The van der Waals surface area contributed by atoms with Crippen LogP contribution in [-0.2, 0) is 13.6 Å². The first-order valence-corrected chi connectivity index (χ1v) is 8.73. The minimum absolute atomic E-state index is 0.0269. The third-order valence-electron chi connectivity index (χ3n) is 4.86. The third kappa shape index (κ3) is 2.67. The zero-order valence-electron chi connectivity index (χ0n) is 15.3. The smallest absolute Gasteiger partial charge is 0.259 e. The van der Waals surface area contributed by atoms with E-state index in [2.05, 4.69) is 9.67 Å². The van der Waals surface area contributed by atoms with Crippen LogP contribution in [0.25, 0.3) is 5.82 Å². The van der Waals surface area contributed by atoms with Gasteiger partial charge >= 0.3 is 0 Å². The Morgan fingerprint density at radius 3 is 2.62 bits per heavy atom. The number of amides is 1. The van der Waals surface area contributed by atoms with E-state index in [9.17, 15) is 4.79 Å². The first-order valence-electron chi connectivity index (χ1n) is 8.73. The van der Waals surface area contributed by atoms with Gasteiger partial charge in [-0.25, -0.2) is 0 Å². The van der Waals surface area contributed by atoms with Crippen molar-refractivity contribution in [2.45, 2.75) is 20.4 Å². The molecular weight excluding hydrogens is 328 g/mol. The van der Waals surface area contributed by atoms with Gasteiger partial charge in [0.15, 0.2) is 0 Å². The molecule has 0 N–H and O–H groups in total. The number of carbonyl (C=O) groups excluding carboxylic acids is 1. The van der Waals surface area contributed by atoms with Crippen LogP contribution < -0.4 is 4.74 Å². The molecule has 0 bridgehead atoms. The van der Waals surface area contributed by atoms with E-state index < -0.39 is 0 Å². The maximum atomic E-state index is 13.3. The molecule has 134 valence electrons. The zero-order chi connectivity index (χ0) is 18.3. The van der Waals surface area contributed by atoms with Crippen LogP contribution in [0.15, 0.2) is 42.6 Å². The fourth-order valence-corrected chi connectivity index (χ4v) is 3.52. The molecule has 6 heteroatoms. The molecule has 0 spiro atoms. The van der Waals surface area contributed by atoms with Crippen molar-refractivity contribution in [1.29, 1.82) is 0 Å². The molecule has 26 heavy (non-hydrogen) atoms. The maximum Gasteiger partial charge on any atom is 0.259 e. The van der Waals surface area contributed by atoms with Crippen LogP contribution in [0.4, 0.5) is 0 Å². The summed E-state index contributed by atoms with van der Waals surface area (Å²) >= 11 is 0. The lowest BCUT2D eigenvalue weighted by atomic mass is 10.1. The number of nitrogens with zero attached hydrogens (tertiary/aromatic N) is 4. The van der Waals surface area contributed by atoms with E-state index in [1.807, 2.05) is 62.2 Å². The van der Waals surface area contributed by atoms with Gasteiger partial charge in [-0.1, -0.05) is 18.2 Å². The normalized spacial score (nSPS) is 13.9. The summed E-state index contributed by atoms with van der Waals surface area (Å²) in [5.74, 6) is 1.63. The Morgan fingerprint density at radius 2 is 1.85 bits per heavy atom. The van der Waals surface area contributed by atoms with Crippen molar-refractivity contribution >= 4 is 5.91 Å². The first-order chi connectivity index (χ1) is 12.6. The summed E-state index contributed by atoms with van der Waals surface area (Å²) < 4.78 is 9.62. The third-order valence-corrected chi connectivity index (χ3v) is 4.86. The Bertz CT molecular complexity index is 951. The number of carbonyl (C=O) groups is 1. The SMILES string of the molecule is Cc1ccc(C)n1-c1c(C(=O)N2CCOc3ccccc3C2)cnn1C. The van der Waals surface area contributed by atoms with Gasteiger partial charge in [0.1, 0.15) is 23.7 Å². The Kier molecular flexibility index (Phi) is 4.03. The molecule has 1 amide bonds. The molecule has 1 aliphatic heterocycles. The summed E-state index contributed by atoms with van der Waals surface area (Å²) in [6.45, 7) is 5.63. The van der Waals surface area contributed by atoms with E-state index in [4.69, 9.17) is 4.74 Å². The molecule has 0 saturated carbocycles. The fraction of sp³-hybridized carbons (Fsp3) is 0.300. The zero-order valence-corrected chi connectivity index (χ0v) is 15.3. The molecule has 2 aromatic heterocycles. The van der Waals surface area contributed by atoms with Gasteiger partial charge in [0.25, 0.3) is 5.91 Å². The molecule has 3 aromatic rings. The Labute approximate surface area is 152 Å². The predicted octanol–water partition coefficient (Wildman–Crippen LogP) is 2.86. The number of ether oxygens (including phenoxy) is 1. The number of para-hydroxylation sites is 1. The summed E-state index contributed by atoms with van der Waals surface area (Å²) in [6, 6.07) is 12.0. The molecule has 0 fully saturated rings. The minimum atomic E-state index is -0.0269. The highest BCUT2D eigenvalue weighted by Gasteiger charge is 2.26. The molecule has 1 aromatic carbocycles. The van der Waals surface area contributed by atoms with Crippen LogP contribution in [0.1, 0.15) is 27.3 Å². The van der Waals surface area contributed by atoms with Gasteiger partial charge in [-0.05, 0) is 32.0 Å². The molecule has 4 rings (SSSR count). The molecule has 1 aliphatic rings. The van der Waals surface area contributed by atoms with Gasteiger partial charge in [-0.2, -0.15) is 5.10 Å². The average molecular weight is 350 g/mol. The van der Waals surface area contributed by atoms with Crippen LogP contribution in [0.2, 0.25) is 0 Å². The minimum Gasteiger partial charge on any atom is -0.491 e. The quantitative estimate of drug-likeness (QED) is 0.714. The highest BCUT2D eigenvalue weighted by molar-refractivity contribution is 5.97. The van der Waals surface area contributed by atoms with E-state index >= 15 is 0 Å². The van der Waals surface area contributed by atoms with Crippen LogP contribution in [0.5, 0.6) is 5.75 Å². The van der Waals surface area contributed by atoms with E-state index in [1.54, 1.807) is 10.9 Å². The number of rotatable bonds is 2. The molecule has 6 nitrogen and oxygen atoms in total. The summed E-state index contributed by atoms with van der Waals surface area (Å²) in [5, 5.41) is 4.36. The van der Waals surface area contributed by atoms with Crippen LogP contribution in [-0.4, -0.2) is 38.3 Å². The van der Waals surface area contributed by atoms with Crippen molar-refractivity contribution in [3.8, 4) is 11.6 Å². The first kappa shape index (κ1) is 16.4. The Balaban J connectivity index is 1.72. The topological polar surface area (TPSA) is 52.3 Å². The second kappa shape index (κ2) is 6.37. The van der Waals surface area contributed by atoms with Gasteiger partial charge in [-0.3, -0.25) is 9.48 Å². The van der Waals surface area contributed by atoms with Crippen LogP contribution in [0.3, 0.4) is 0 Å². The number of aryl methyl sites for hydroxylation is 3. The lowest BCUT2D eigenvalue weighted by Crippen LogP contribution is -2.33. The number of benzene rings is 1. The van der Waals surface area contributed by atoms with Gasteiger partial charge < -0.3 is 14.2 Å². The van der Waals surface area contributed by atoms with Gasteiger partial charge in [-0.15, -0.1) is 0 Å². The Morgan fingerprint density at radius 1 is 1.12 bits per heavy atom. The highest BCUT2D eigenvalue weighted by Crippen LogP contribution is 2.26. The van der Waals surface area contributed by atoms with Crippen molar-refractivity contribution in [3.63, 3.8) is 0 Å². The second-order valence-electron chi connectivity index (χ2n) is 6.64. The van der Waals surface area contributed by atoms with Crippen molar-refractivity contribution in [2.75, 3.05) is 13.2 Å². The van der Waals surface area contributed by atoms with Crippen molar-refractivity contribution < 1.29 is 9.53 Å². The van der Waals surface area contributed by atoms with Crippen LogP contribution >= 0.6 is 0 Å². The lowest BCUT2D eigenvalue weighted by molar-refractivity contribution is 0.0733. The molecule has 0 atom stereocenters. The molecule has 0 radical (unpaired) electrons. The number of hydrogen-bond donors (Lipinski definition) is 0. The van der Waals surface area contributed by atoms with Crippen LogP contribution in [0, 0.1) is 13.8 Å². The number of hydrogen-bond acceptors (Lipinski definition) is 3. The summed E-state index contributed by atoms with van der Waals surface area (Å²) in [4.78, 5) is 15.2. The van der Waals surface area contributed by atoms with Gasteiger partial charge in [0, 0.05) is 30.5 Å². The molecule has 0 unspecified atom stereocenters. The largest absolute Gasteiger partial charge is 0.491 e. The summed E-state index contributed by atoms with van der Waals surface area (Å²) in [5.41, 5.74) is 3.78. The highest BCUT2D eigenvalue weighted by atomic mass is 16.5. The van der Waals surface area contributed by atoms with E-state index in [0.717, 1.165) is 28.5 Å². The second-order valence-corrected chi connectivity index (χ2v) is 6.64. The molecule has 3 heterocycles. The molecular formula is C20H22N4O2. The van der Waals surface area contributed by atoms with E-state index in [1.165, 1.54) is 0 Å². The average Bonchev–Trinajstić information content (AvgIpc) is 3.07.